The summed E-state index contributed by atoms with van der Waals surface area (Å²) in [5.41, 5.74) is 4.09. The minimum atomic E-state index is -0.114. The van der Waals surface area contributed by atoms with Gasteiger partial charge < -0.3 is 5.11 Å². The summed E-state index contributed by atoms with van der Waals surface area (Å²) in [5.74, 6) is 3.72. The number of aliphatic hydroxyl groups excluding tert-OH is 1. The van der Waals surface area contributed by atoms with Crippen molar-refractivity contribution in [2.75, 3.05) is 0 Å². The Kier molecular flexibility index (Phi) is 5.45. The molecule has 1 heteroatoms. The minimum Gasteiger partial charge on any atom is -0.393 e. The lowest BCUT2D eigenvalue weighted by molar-refractivity contribution is 0.0382. The van der Waals surface area contributed by atoms with Crippen LogP contribution in [0.2, 0.25) is 0 Å². The van der Waals surface area contributed by atoms with Crippen molar-refractivity contribution >= 4 is 0 Å². The molecule has 1 N–H and O–H groups in total. The van der Waals surface area contributed by atoms with Gasteiger partial charge in [0.1, 0.15) is 0 Å². The second-order valence-electron chi connectivity index (χ2n) is 11.1. The van der Waals surface area contributed by atoms with Gasteiger partial charge in [-0.1, -0.05) is 76.5 Å². The first kappa shape index (κ1) is 20.5. The molecule has 4 aliphatic carbocycles. The highest BCUT2D eigenvalue weighted by Crippen LogP contribution is 2.65. The van der Waals surface area contributed by atoms with Crippen LogP contribution in [0.1, 0.15) is 86.0 Å². The summed E-state index contributed by atoms with van der Waals surface area (Å²) in [4.78, 5) is 0. The summed E-state index contributed by atoms with van der Waals surface area (Å²) in [6.07, 6.45) is 19.6. The molecule has 0 amide bonds. The average Bonchev–Trinajstić information content (AvgIpc) is 3.03. The van der Waals surface area contributed by atoms with Gasteiger partial charge in [0, 0.05) is 0 Å². The van der Waals surface area contributed by atoms with Crippen LogP contribution in [0.5, 0.6) is 0 Å². The second kappa shape index (κ2) is 7.46. The van der Waals surface area contributed by atoms with E-state index in [1.807, 2.05) is 0 Å². The van der Waals surface area contributed by atoms with Gasteiger partial charge in [0.15, 0.2) is 0 Å². The molecule has 4 rings (SSSR count). The van der Waals surface area contributed by atoms with E-state index < -0.39 is 0 Å². The Morgan fingerprint density at radius 1 is 1.04 bits per heavy atom. The molecule has 156 valence electrons. The zero-order valence-electron chi connectivity index (χ0n) is 18.9. The predicted molar refractivity (Wildman–Crippen MR) is 119 cm³/mol. The van der Waals surface area contributed by atoms with E-state index in [1.165, 1.54) is 44.1 Å². The Bertz CT molecular complexity index is 684. The van der Waals surface area contributed by atoms with E-state index in [0.29, 0.717) is 22.7 Å². The van der Waals surface area contributed by atoms with Crippen molar-refractivity contribution in [3.63, 3.8) is 0 Å². The zero-order chi connectivity index (χ0) is 20.1. The van der Waals surface area contributed by atoms with E-state index in [0.717, 1.165) is 30.6 Å². The van der Waals surface area contributed by atoms with Gasteiger partial charge in [-0.25, -0.2) is 0 Å². The lowest BCUT2D eigenvalue weighted by atomic mass is 9.50. The molecule has 1 nitrogen and oxygen atoms in total. The molecule has 0 aromatic heterocycles. The van der Waals surface area contributed by atoms with Gasteiger partial charge in [-0.3, -0.25) is 0 Å². The van der Waals surface area contributed by atoms with Gasteiger partial charge >= 0.3 is 0 Å². The van der Waals surface area contributed by atoms with Crippen molar-refractivity contribution in [2.24, 2.45) is 40.4 Å². The van der Waals surface area contributed by atoms with Crippen molar-refractivity contribution in [3.05, 3.63) is 35.5 Å². The fourth-order valence-corrected chi connectivity index (χ4v) is 7.52. The van der Waals surface area contributed by atoms with Crippen LogP contribution in [-0.4, -0.2) is 11.2 Å². The lowest BCUT2D eigenvalue weighted by Gasteiger charge is -2.55. The molecule has 0 bridgehead atoms. The van der Waals surface area contributed by atoms with E-state index in [1.54, 1.807) is 5.57 Å². The van der Waals surface area contributed by atoms with Crippen molar-refractivity contribution < 1.29 is 5.11 Å². The Labute approximate surface area is 173 Å². The molecule has 0 aromatic carbocycles. The highest BCUT2D eigenvalue weighted by molar-refractivity contribution is 5.39. The van der Waals surface area contributed by atoms with Crippen molar-refractivity contribution in [3.8, 4) is 0 Å². The summed E-state index contributed by atoms with van der Waals surface area (Å²) in [6.45, 7) is 12.2. The Balaban J connectivity index is 1.59. The van der Waals surface area contributed by atoms with Crippen LogP contribution in [0.3, 0.4) is 0 Å². The van der Waals surface area contributed by atoms with E-state index >= 15 is 0 Å². The van der Waals surface area contributed by atoms with Crippen molar-refractivity contribution in [1.29, 1.82) is 0 Å². The summed E-state index contributed by atoms with van der Waals surface area (Å²) < 4.78 is 0. The molecule has 0 spiro atoms. The van der Waals surface area contributed by atoms with Crippen LogP contribution in [0.15, 0.2) is 35.5 Å². The van der Waals surface area contributed by atoms with Gasteiger partial charge in [-0.2, -0.15) is 0 Å². The molecular weight excluding hydrogens is 340 g/mol. The summed E-state index contributed by atoms with van der Waals surface area (Å²) >= 11 is 0. The fraction of sp³-hybridized carbons (Fsp3) is 0.778. The minimum absolute atomic E-state index is 0.114. The number of rotatable bonds is 4. The number of allylic oxidation sites excluding steroid dienone is 5. The molecule has 0 aromatic rings. The van der Waals surface area contributed by atoms with Gasteiger partial charge in [-0.15, -0.1) is 0 Å². The standard InChI is InChI=1S/C27H42O/c1-6-18(2)7-8-19(3)23-11-12-24-22-10-9-20-17-21(28)13-15-26(20,4)25(22)14-16-27(23,24)5/h7-10,18-19,21,23-25,28H,6,11-17H2,1-5H3/b8-7+/t18-,19+,21-,23+,24-,25-,26-,27+/m0/s1. The predicted octanol–water partition coefficient (Wildman–Crippen LogP) is 7.08. The highest BCUT2D eigenvalue weighted by atomic mass is 16.3. The maximum atomic E-state index is 10.2. The molecule has 28 heavy (non-hydrogen) atoms. The Hall–Kier alpha value is -0.820. The lowest BCUT2D eigenvalue weighted by Crippen LogP contribution is -2.46. The number of fused-ring (bicyclic) bond motifs is 5. The molecular formula is C27H42O. The molecule has 0 heterocycles. The molecule has 8 atom stereocenters. The molecule has 0 radical (unpaired) electrons. The largest absolute Gasteiger partial charge is 0.393 e. The van der Waals surface area contributed by atoms with Crippen LogP contribution < -0.4 is 0 Å². The van der Waals surface area contributed by atoms with Gasteiger partial charge in [-0.05, 0) is 85.4 Å². The molecule has 4 aliphatic rings. The first-order valence-corrected chi connectivity index (χ1v) is 12.1. The third kappa shape index (κ3) is 3.17. The van der Waals surface area contributed by atoms with Gasteiger partial charge in [0.2, 0.25) is 0 Å². The topological polar surface area (TPSA) is 20.2 Å². The normalized spacial score (nSPS) is 44.9. The first-order valence-electron chi connectivity index (χ1n) is 12.1. The third-order valence-electron chi connectivity index (χ3n) is 9.64. The smallest absolute Gasteiger partial charge is 0.0578 e. The second-order valence-corrected chi connectivity index (χ2v) is 11.1. The van der Waals surface area contributed by atoms with Crippen LogP contribution in [0.4, 0.5) is 0 Å². The third-order valence-corrected chi connectivity index (χ3v) is 9.64. The van der Waals surface area contributed by atoms with E-state index in [9.17, 15) is 5.11 Å². The van der Waals surface area contributed by atoms with E-state index in [2.05, 4.69) is 58.9 Å². The summed E-state index contributed by atoms with van der Waals surface area (Å²) in [7, 11) is 0. The quantitative estimate of drug-likeness (QED) is 0.515. The fourth-order valence-electron chi connectivity index (χ4n) is 7.52. The Morgan fingerprint density at radius 2 is 1.82 bits per heavy atom. The summed E-state index contributed by atoms with van der Waals surface area (Å²) in [5, 5.41) is 10.2. The molecule has 0 saturated heterocycles. The number of hydrogen-bond donors (Lipinski definition) is 1. The van der Waals surface area contributed by atoms with E-state index in [-0.39, 0.29) is 6.10 Å². The summed E-state index contributed by atoms with van der Waals surface area (Å²) in [6, 6.07) is 0. The SMILES string of the molecule is CC[C@H](C)/C=C/[C@@H](C)[C@H]1CC[C@H]2C3=CC=C4C[C@@H](O)CC[C@]4(C)[C@H]3CC[C@]12C. The first-order chi connectivity index (χ1) is 13.3. The molecule has 0 unspecified atom stereocenters. The van der Waals surface area contributed by atoms with E-state index in [4.69, 9.17) is 0 Å². The monoisotopic (exact) mass is 382 g/mol. The van der Waals surface area contributed by atoms with Crippen molar-refractivity contribution in [2.45, 2.75) is 92.1 Å². The average molecular weight is 383 g/mol. The van der Waals surface area contributed by atoms with Crippen LogP contribution in [0.25, 0.3) is 0 Å². The number of aliphatic hydroxyl groups is 1. The Morgan fingerprint density at radius 3 is 2.57 bits per heavy atom. The molecule has 0 aliphatic heterocycles. The van der Waals surface area contributed by atoms with Crippen LogP contribution in [0, 0.1) is 40.4 Å². The zero-order valence-corrected chi connectivity index (χ0v) is 18.9. The number of hydrogen-bond acceptors (Lipinski definition) is 1. The molecule has 3 fully saturated rings. The van der Waals surface area contributed by atoms with Gasteiger partial charge in [0.25, 0.3) is 0 Å². The van der Waals surface area contributed by atoms with Crippen molar-refractivity contribution in [1.82, 2.24) is 0 Å². The van der Waals surface area contributed by atoms with Gasteiger partial charge in [0.05, 0.1) is 6.10 Å². The highest BCUT2D eigenvalue weighted by Gasteiger charge is 2.56. The maximum absolute atomic E-state index is 10.2. The molecule has 3 saturated carbocycles. The van der Waals surface area contributed by atoms with Crippen LogP contribution >= 0.6 is 0 Å². The maximum Gasteiger partial charge on any atom is 0.0578 e. The van der Waals surface area contributed by atoms with Crippen LogP contribution in [-0.2, 0) is 0 Å².